The standard InChI is InChI=1S/C17H25NO3S/c1-11-6-5-7-12(17(2,3)4)15(11)21-9-8-14-18-13(10-22-14)16(19)20/h5-7,13-14,18H,8-10H2,1-4H3,(H,19,20). The second kappa shape index (κ2) is 6.92. The summed E-state index contributed by atoms with van der Waals surface area (Å²) in [5, 5.41) is 12.3. The molecule has 0 bridgehead atoms. The highest BCUT2D eigenvalue weighted by Crippen LogP contribution is 2.34. The summed E-state index contributed by atoms with van der Waals surface area (Å²) >= 11 is 1.66. The summed E-state index contributed by atoms with van der Waals surface area (Å²) in [5.41, 5.74) is 2.39. The second-order valence-corrected chi connectivity index (χ2v) is 7.95. The fraction of sp³-hybridized carbons (Fsp3) is 0.588. The van der Waals surface area contributed by atoms with Crippen LogP contribution in [0.4, 0.5) is 0 Å². The minimum absolute atomic E-state index is 0.0378. The van der Waals surface area contributed by atoms with Crippen LogP contribution < -0.4 is 10.1 Å². The Morgan fingerprint density at radius 1 is 1.45 bits per heavy atom. The smallest absolute Gasteiger partial charge is 0.321 e. The van der Waals surface area contributed by atoms with Crippen LogP contribution in [0.1, 0.15) is 38.3 Å². The zero-order chi connectivity index (χ0) is 16.3. The van der Waals surface area contributed by atoms with E-state index in [0.717, 1.165) is 17.7 Å². The zero-order valence-corrected chi connectivity index (χ0v) is 14.5. The lowest BCUT2D eigenvalue weighted by molar-refractivity contribution is -0.138. The molecule has 0 spiro atoms. The van der Waals surface area contributed by atoms with Crippen molar-refractivity contribution in [2.24, 2.45) is 0 Å². The number of thioether (sulfide) groups is 1. The van der Waals surface area contributed by atoms with Gasteiger partial charge in [-0.2, -0.15) is 0 Å². The van der Waals surface area contributed by atoms with E-state index in [1.807, 2.05) is 0 Å². The molecule has 1 aliphatic heterocycles. The summed E-state index contributed by atoms with van der Waals surface area (Å²) in [6.07, 6.45) is 0.798. The molecule has 22 heavy (non-hydrogen) atoms. The SMILES string of the molecule is Cc1cccc(C(C)(C)C)c1OCCC1NC(C(=O)O)CS1. The first kappa shape index (κ1) is 17.2. The van der Waals surface area contributed by atoms with Gasteiger partial charge in [-0.25, -0.2) is 0 Å². The molecule has 0 aliphatic carbocycles. The maximum absolute atomic E-state index is 10.9. The Bertz CT molecular complexity index is 539. The molecule has 2 atom stereocenters. The predicted molar refractivity (Wildman–Crippen MR) is 90.8 cm³/mol. The van der Waals surface area contributed by atoms with E-state index in [9.17, 15) is 4.79 Å². The van der Waals surface area contributed by atoms with Gasteiger partial charge in [0.05, 0.1) is 12.0 Å². The largest absolute Gasteiger partial charge is 0.493 e. The van der Waals surface area contributed by atoms with Gasteiger partial charge in [0.25, 0.3) is 0 Å². The Labute approximate surface area is 136 Å². The van der Waals surface area contributed by atoms with E-state index in [1.54, 1.807) is 11.8 Å². The van der Waals surface area contributed by atoms with Crippen LogP contribution in [0.2, 0.25) is 0 Å². The Balaban J connectivity index is 1.94. The molecule has 1 aromatic rings. The molecule has 2 rings (SSSR count). The van der Waals surface area contributed by atoms with Gasteiger partial charge in [0.2, 0.25) is 0 Å². The molecular weight excluding hydrogens is 298 g/mol. The fourth-order valence-corrected chi connectivity index (χ4v) is 3.73. The number of nitrogens with one attached hydrogen (secondary N) is 1. The van der Waals surface area contributed by atoms with Gasteiger partial charge >= 0.3 is 5.97 Å². The van der Waals surface area contributed by atoms with Crippen LogP contribution >= 0.6 is 11.8 Å². The molecule has 0 radical (unpaired) electrons. The van der Waals surface area contributed by atoms with Crippen molar-refractivity contribution in [3.63, 3.8) is 0 Å². The van der Waals surface area contributed by atoms with Gasteiger partial charge < -0.3 is 9.84 Å². The van der Waals surface area contributed by atoms with Crippen molar-refractivity contribution in [2.45, 2.75) is 50.9 Å². The van der Waals surface area contributed by atoms with Gasteiger partial charge in [0, 0.05) is 12.2 Å². The van der Waals surface area contributed by atoms with Crippen molar-refractivity contribution in [1.29, 1.82) is 0 Å². The van der Waals surface area contributed by atoms with Crippen LogP contribution in [0.3, 0.4) is 0 Å². The molecule has 2 N–H and O–H groups in total. The number of rotatable bonds is 5. The number of aliphatic carboxylic acids is 1. The second-order valence-electron chi connectivity index (χ2n) is 6.72. The number of carbonyl (C=O) groups is 1. The average Bonchev–Trinajstić information content (AvgIpc) is 2.88. The van der Waals surface area contributed by atoms with Crippen LogP contribution in [-0.4, -0.2) is 34.9 Å². The number of hydrogen-bond acceptors (Lipinski definition) is 4. The normalized spacial score (nSPS) is 21.8. The van der Waals surface area contributed by atoms with Crippen LogP contribution in [0.25, 0.3) is 0 Å². The van der Waals surface area contributed by atoms with E-state index in [-0.39, 0.29) is 10.8 Å². The minimum atomic E-state index is -0.773. The van der Waals surface area contributed by atoms with Gasteiger partial charge in [-0.05, 0) is 23.5 Å². The third-order valence-electron chi connectivity index (χ3n) is 3.80. The first-order valence-electron chi connectivity index (χ1n) is 7.62. The molecule has 4 nitrogen and oxygen atoms in total. The zero-order valence-electron chi connectivity index (χ0n) is 13.7. The Morgan fingerprint density at radius 3 is 2.77 bits per heavy atom. The number of ether oxygens (including phenoxy) is 1. The number of benzene rings is 1. The third-order valence-corrected chi connectivity index (χ3v) is 5.10. The number of para-hydroxylation sites is 1. The molecule has 1 aromatic carbocycles. The van der Waals surface area contributed by atoms with E-state index in [4.69, 9.17) is 9.84 Å². The molecule has 2 unspecified atom stereocenters. The topological polar surface area (TPSA) is 58.6 Å². The van der Waals surface area contributed by atoms with Crippen molar-refractivity contribution in [3.8, 4) is 5.75 Å². The number of carboxylic acid groups (broad SMARTS) is 1. The van der Waals surface area contributed by atoms with Gasteiger partial charge in [-0.15, -0.1) is 11.8 Å². The van der Waals surface area contributed by atoms with Crippen molar-refractivity contribution in [2.75, 3.05) is 12.4 Å². The molecule has 1 aliphatic rings. The molecule has 0 amide bonds. The van der Waals surface area contributed by atoms with Crippen molar-refractivity contribution < 1.29 is 14.6 Å². The van der Waals surface area contributed by atoms with E-state index in [2.05, 4.69) is 51.2 Å². The molecular formula is C17H25NO3S. The van der Waals surface area contributed by atoms with Gasteiger partial charge in [0.15, 0.2) is 0 Å². The Kier molecular flexibility index (Phi) is 5.40. The van der Waals surface area contributed by atoms with Gasteiger partial charge in [-0.1, -0.05) is 39.0 Å². The quantitative estimate of drug-likeness (QED) is 0.871. The summed E-state index contributed by atoms with van der Waals surface area (Å²) in [5.74, 6) is 0.815. The number of hydrogen-bond donors (Lipinski definition) is 2. The first-order chi connectivity index (χ1) is 10.3. The molecule has 1 fully saturated rings. The van der Waals surface area contributed by atoms with Crippen LogP contribution in [0.15, 0.2) is 18.2 Å². The highest BCUT2D eigenvalue weighted by atomic mass is 32.2. The predicted octanol–water partition coefficient (Wildman–Crippen LogP) is 3.18. The molecule has 1 heterocycles. The minimum Gasteiger partial charge on any atom is -0.493 e. The van der Waals surface area contributed by atoms with Crippen molar-refractivity contribution >= 4 is 17.7 Å². The number of aryl methyl sites for hydroxylation is 1. The van der Waals surface area contributed by atoms with E-state index < -0.39 is 12.0 Å². The van der Waals surface area contributed by atoms with Crippen LogP contribution in [-0.2, 0) is 10.2 Å². The lowest BCUT2D eigenvalue weighted by atomic mass is 9.85. The van der Waals surface area contributed by atoms with E-state index >= 15 is 0 Å². The average molecular weight is 323 g/mol. The molecule has 0 aromatic heterocycles. The highest BCUT2D eigenvalue weighted by Gasteiger charge is 2.29. The van der Waals surface area contributed by atoms with Crippen molar-refractivity contribution in [3.05, 3.63) is 29.3 Å². The van der Waals surface area contributed by atoms with E-state index in [1.165, 1.54) is 5.56 Å². The highest BCUT2D eigenvalue weighted by molar-refractivity contribution is 8.00. The monoisotopic (exact) mass is 323 g/mol. The molecule has 122 valence electrons. The lowest BCUT2D eigenvalue weighted by Crippen LogP contribution is -2.37. The van der Waals surface area contributed by atoms with Crippen LogP contribution in [0.5, 0.6) is 5.75 Å². The first-order valence-corrected chi connectivity index (χ1v) is 8.67. The summed E-state index contributed by atoms with van der Waals surface area (Å²) in [4.78, 5) is 10.9. The molecule has 0 saturated carbocycles. The maximum Gasteiger partial charge on any atom is 0.321 e. The Hall–Kier alpha value is -1.20. The fourth-order valence-electron chi connectivity index (χ4n) is 2.54. The maximum atomic E-state index is 10.9. The third kappa shape index (κ3) is 4.17. The molecule has 1 saturated heterocycles. The molecule has 5 heteroatoms. The van der Waals surface area contributed by atoms with Gasteiger partial charge in [0.1, 0.15) is 11.8 Å². The lowest BCUT2D eigenvalue weighted by Gasteiger charge is -2.24. The van der Waals surface area contributed by atoms with Crippen molar-refractivity contribution in [1.82, 2.24) is 5.32 Å². The summed E-state index contributed by atoms with van der Waals surface area (Å²) in [6, 6.07) is 5.81. The number of carboxylic acids is 1. The van der Waals surface area contributed by atoms with E-state index in [0.29, 0.717) is 12.4 Å². The summed E-state index contributed by atoms with van der Waals surface area (Å²) < 4.78 is 6.05. The summed E-state index contributed by atoms with van der Waals surface area (Å²) in [7, 11) is 0. The van der Waals surface area contributed by atoms with Crippen LogP contribution in [0, 0.1) is 6.92 Å². The van der Waals surface area contributed by atoms with Gasteiger partial charge in [-0.3, -0.25) is 10.1 Å². The Morgan fingerprint density at radius 2 is 2.18 bits per heavy atom. The summed E-state index contributed by atoms with van der Waals surface area (Å²) in [6.45, 7) is 9.19.